The first-order chi connectivity index (χ1) is 10.9. The van der Waals surface area contributed by atoms with Crippen molar-refractivity contribution in [2.45, 2.75) is 25.7 Å². The van der Waals surface area contributed by atoms with Crippen LogP contribution in [0.1, 0.15) is 16.8 Å². The summed E-state index contributed by atoms with van der Waals surface area (Å²) in [6, 6.07) is 5.34. The predicted molar refractivity (Wildman–Crippen MR) is 85.7 cm³/mol. The summed E-state index contributed by atoms with van der Waals surface area (Å²) in [7, 11) is -3.54. The molecule has 7 heteroatoms. The number of ether oxygens (including phenoxy) is 1. The normalized spacial score (nSPS) is 16.7. The third kappa shape index (κ3) is 2.91. The summed E-state index contributed by atoms with van der Waals surface area (Å²) < 4.78 is 37.9. The lowest BCUT2D eigenvalue weighted by Gasteiger charge is -2.26. The number of sulfonamides is 1. The van der Waals surface area contributed by atoms with E-state index in [0.29, 0.717) is 42.5 Å². The molecule has 1 aromatic heterocycles. The van der Waals surface area contributed by atoms with Gasteiger partial charge in [0.05, 0.1) is 23.8 Å². The molecule has 0 bridgehead atoms. The van der Waals surface area contributed by atoms with Crippen LogP contribution in [-0.4, -0.2) is 44.2 Å². The van der Waals surface area contributed by atoms with Gasteiger partial charge in [-0.05, 0) is 32.4 Å². The lowest BCUT2D eigenvalue weighted by molar-refractivity contribution is 0.0730. The molecule has 1 aliphatic rings. The number of hydrogen-bond donors (Lipinski definition) is 0. The molecule has 23 heavy (non-hydrogen) atoms. The lowest BCUT2D eigenvalue weighted by Crippen LogP contribution is -2.40. The van der Waals surface area contributed by atoms with E-state index in [4.69, 9.17) is 9.26 Å². The lowest BCUT2D eigenvalue weighted by atomic mass is 10.1. The van der Waals surface area contributed by atoms with Gasteiger partial charge in [-0.1, -0.05) is 17.3 Å². The summed E-state index contributed by atoms with van der Waals surface area (Å²) in [5.74, 6) is 0.612. The second-order valence-electron chi connectivity index (χ2n) is 5.72. The second kappa shape index (κ2) is 6.07. The zero-order valence-corrected chi connectivity index (χ0v) is 14.3. The molecular weight excluding hydrogens is 316 g/mol. The van der Waals surface area contributed by atoms with E-state index in [1.54, 1.807) is 19.1 Å². The fourth-order valence-corrected chi connectivity index (χ4v) is 4.29. The van der Waals surface area contributed by atoms with Crippen LogP contribution in [0, 0.1) is 20.8 Å². The van der Waals surface area contributed by atoms with Crippen LogP contribution in [-0.2, 0) is 14.8 Å². The molecule has 0 unspecified atom stereocenters. The largest absolute Gasteiger partial charge is 0.379 e. The third-order valence-electron chi connectivity index (χ3n) is 4.20. The van der Waals surface area contributed by atoms with E-state index < -0.39 is 10.0 Å². The van der Waals surface area contributed by atoms with E-state index in [9.17, 15) is 8.42 Å². The fraction of sp³-hybridized carbons (Fsp3) is 0.438. The summed E-state index contributed by atoms with van der Waals surface area (Å²) in [5.41, 5.74) is 3.16. The van der Waals surface area contributed by atoms with Crippen molar-refractivity contribution in [1.29, 1.82) is 0 Å². The summed E-state index contributed by atoms with van der Waals surface area (Å²) in [5, 5.41) is 3.95. The predicted octanol–water partition coefficient (Wildman–Crippen LogP) is 2.29. The second-order valence-corrected chi connectivity index (χ2v) is 7.63. The molecule has 0 radical (unpaired) electrons. The molecule has 3 rings (SSSR count). The molecule has 0 spiro atoms. The summed E-state index contributed by atoms with van der Waals surface area (Å²) in [6.45, 7) is 7.20. The highest BCUT2D eigenvalue weighted by atomic mass is 32.2. The molecule has 0 amide bonds. The smallest absolute Gasteiger partial charge is 0.243 e. The van der Waals surface area contributed by atoms with Crippen molar-refractivity contribution in [1.82, 2.24) is 9.46 Å². The van der Waals surface area contributed by atoms with Crippen molar-refractivity contribution < 1.29 is 17.7 Å². The van der Waals surface area contributed by atoms with E-state index in [2.05, 4.69) is 5.16 Å². The molecule has 0 saturated carbocycles. The number of aromatic nitrogens is 1. The van der Waals surface area contributed by atoms with Crippen LogP contribution in [0.2, 0.25) is 0 Å². The van der Waals surface area contributed by atoms with E-state index in [0.717, 1.165) is 16.8 Å². The molecule has 1 fully saturated rings. The average Bonchev–Trinajstić information content (AvgIpc) is 2.88. The molecule has 124 valence electrons. The Hall–Kier alpha value is -1.70. The van der Waals surface area contributed by atoms with Gasteiger partial charge in [0, 0.05) is 24.2 Å². The van der Waals surface area contributed by atoms with Crippen molar-refractivity contribution in [3.05, 3.63) is 35.0 Å². The van der Waals surface area contributed by atoms with Gasteiger partial charge < -0.3 is 9.26 Å². The topological polar surface area (TPSA) is 72.6 Å². The first-order valence-corrected chi connectivity index (χ1v) is 8.97. The Bertz CT molecular complexity index is 821. The highest BCUT2D eigenvalue weighted by Crippen LogP contribution is 2.30. The average molecular weight is 336 g/mol. The van der Waals surface area contributed by atoms with Gasteiger partial charge in [0.2, 0.25) is 10.0 Å². The van der Waals surface area contributed by atoms with Gasteiger partial charge in [-0.25, -0.2) is 8.42 Å². The Labute approximate surface area is 136 Å². The maximum Gasteiger partial charge on any atom is 0.243 e. The van der Waals surface area contributed by atoms with Gasteiger partial charge in [-0.15, -0.1) is 0 Å². The van der Waals surface area contributed by atoms with Gasteiger partial charge in [-0.3, -0.25) is 0 Å². The maximum absolute atomic E-state index is 12.9. The first-order valence-electron chi connectivity index (χ1n) is 7.53. The molecule has 6 nitrogen and oxygen atoms in total. The number of aryl methyl sites for hydroxylation is 2. The van der Waals surface area contributed by atoms with Crippen LogP contribution < -0.4 is 0 Å². The summed E-state index contributed by atoms with van der Waals surface area (Å²) >= 11 is 0. The molecule has 1 saturated heterocycles. The van der Waals surface area contributed by atoms with Crippen molar-refractivity contribution in [3.8, 4) is 11.3 Å². The van der Waals surface area contributed by atoms with Crippen molar-refractivity contribution in [2.75, 3.05) is 26.3 Å². The highest BCUT2D eigenvalue weighted by molar-refractivity contribution is 7.89. The summed E-state index contributed by atoms with van der Waals surface area (Å²) in [4.78, 5) is 0.311. The Kier molecular flexibility index (Phi) is 4.27. The minimum absolute atomic E-state index is 0.311. The zero-order valence-electron chi connectivity index (χ0n) is 13.5. The van der Waals surface area contributed by atoms with Gasteiger partial charge >= 0.3 is 0 Å². The van der Waals surface area contributed by atoms with Gasteiger partial charge in [-0.2, -0.15) is 4.31 Å². The molecule has 0 N–H and O–H groups in total. The minimum atomic E-state index is -3.54. The number of nitrogens with zero attached hydrogens (tertiary/aromatic N) is 2. The van der Waals surface area contributed by atoms with Crippen LogP contribution in [0.5, 0.6) is 0 Å². The molecule has 2 heterocycles. The van der Waals surface area contributed by atoms with Crippen LogP contribution >= 0.6 is 0 Å². The monoisotopic (exact) mass is 336 g/mol. The quantitative estimate of drug-likeness (QED) is 0.860. The van der Waals surface area contributed by atoms with Crippen molar-refractivity contribution in [3.63, 3.8) is 0 Å². The Balaban J connectivity index is 2.06. The van der Waals surface area contributed by atoms with Gasteiger partial charge in [0.1, 0.15) is 0 Å². The highest BCUT2D eigenvalue weighted by Gasteiger charge is 2.28. The SMILES string of the molecule is Cc1ccc(-c2onc(C)c2C)cc1S(=O)(=O)N1CCOCC1. The first kappa shape index (κ1) is 16.2. The zero-order chi connectivity index (χ0) is 16.6. The number of benzene rings is 1. The van der Waals surface area contributed by atoms with Crippen LogP contribution in [0.4, 0.5) is 0 Å². The van der Waals surface area contributed by atoms with E-state index in [1.165, 1.54) is 4.31 Å². The molecule has 0 atom stereocenters. The molecule has 0 aliphatic carbocycles. The van der Waals surface area contributed by atoms with Gasteiger partial charge in [0.15, 0.2) is 5.76 Å². The van der Waals surface area contributed by atoms with Crippen molar-refractivity contribution in [2.24, 2.45) is 0 Å². The van der Waals surface area contributed by atoms with Crippen LogP contribution in [0.15, 0.2) is 27.6 Å². The minimum Gasteiger partial charge on any atom is -0.379 e. The molecular formula is C16H20N2O4S. The van der Waals surface area contributed by atoms with E-state index >= 15 is 0 Å². The fourth-order valence-electron chi connectivity index (χ4n) is 2.63. The van der Waals surface area contributed by atoms with Crippen molar-refractivity contribution >= 4 is 10.0 Å². The Morgan fingerprint density at radius 2 is 1.83 bits per heavy atom. The molecule has 1 aliphatic heterocycles. The molecule has 1 aromatic carbocycles. The molecule has 2 aromatic rings. The number of rotatable bonds is 3. The Morgan fingerprint density at radius 3 is 2.43 bits per heavy atom. The van der Waals surface area contributed by atoms with Crippen LogP contribution in [0.3, 0.4) is 0 Å². The van der Waals surface area contributed by atoms with E-state index in [1.807, 2.05) is 19.9 Å². The maximum atomic E-state index is 12.9. The standard InChI is InChI=1S/C16H20N2O4S/c1-11-4-5-14(16-12(2)13(3)17-22-16)10-15(11)23(19,20)18-6-8-21-9-7-18/h4-5,10H,6-9H2,1-3H3. The van der Waals surface area contributed by atoms with Gasteiger partial charge in [0.25, 0.3) is 0 Å². The Morgan fingerprint density at radius 1 is 1.13 bits per heavy atom. The summed E-state index contributed by atoms with van der Waals surface area (Å²) in [6.07, 6.45) is 0. The third-order valence-corrected chi connectivity index (χ3v) is 6.24. The number of morpholine rings is 1. The van der Waals surface area contributed by atoms with Crippen LogP contribution in [0.25, 0.3) is 11.3 Å². The number of hydrogen-bond acceptors (Lipinski definition) is 5. The van der Waals surface area contributed by atoms with E-state index in [-0.39, 0.29) is 0 Å².